The van der Waals surface area contributed by atoms with Gasteiger partial charge in [-0.1, -0.05) is 95.9 Å². The topological polar surface area (TPSA) is 0 Å². The molecule has 1 heteroatoms. The van der Waals surface area contributed by atoms with E-state index in [4.69, 9.17) is 0 Å². The van der Waals surface area contributed by atoms with Crippen LogP contribution in [0.15, 0.2) is 84.4 Å². The van der Waals surface area contributed by atoms with Crippen LogP contribution >= 0.6 is 0 Å². The Bertz CT molecular complexity index is 737. The van der Waals surface area contributed by atoms with Gasteiger partial charge in [-0.25, -0.2) is 0 Å². The molecule has 4 rings (SSSR count). The Kier molecular flexibility index (Phi) is 3.12. The van der Waals surface area contributed by atoms with E-state index in [1.165, 1.54) is 22.1 Å². The van der Waals surface area contributed by atoms with Crippen LogP contribution in [0.4, 0.5) is 0 Å². The number of allylic oxidation sites excluding steroid dienone is 5. The first kappa shape index (κ1) is 12.5. The van der Waals surface area contributed by atoms with Gasteiger partial charge in [0.15, 0.2) is 0 Å². The van der Waals surface area contributed by atoms with Crippen molar-refractivity contribution in [3.8, 4) is 0 Å². The van der Waals surface area contributed by atoms with E-state index in [1.807, 2.05) is 0 Å². The molecular weight excluding hydrogens is 251 g/mol. The summed E-state index contributed by atoms with van der Waals surface area (Å²) in [4.78, 5) is 0. The number of fused-ring (bicyclic) bond motifs is 1. The van der Waals surface area contributed by atoms with E-state index in [-0.39, 0.29) is 0 Å². The first-order chi connectivity index (χ1) is 10.4. The van der Waals surface area contributed by atoms with Gasteiger partial charge in [0.2, 0.25) is 6.71 Å². The third-order valence-electron chi connectivity index (χ3n) is 4.56. The molecule has 0 saturated heterocycles. The maximum absolute atomic E-state index is 2.38. The van der Waals surface area contributed by atoms with Crippen LogP contribution < -0.4 is 5.46 Å². The summed E-state index contributed by atoms with van der Waals surface area (Å²) in [5.74, 6) is 0.453. The first-order valence-corrected chi connectivity index (χ1v) is 7.61. The van der Waals surface area contributed by atoms with E-state index in [9.17, 15) is 0 Å². The standard InChI is InChI=1S/C20H17B/c1-2-9-17(10-3-1)21(18-11-5-6-12-18)20-15-14-16-8-4-7-13-19(16)20/h1-11,13-15,20H,12H2. The number of benzene rings is 2. The lowest BCUT2D eigenvalue weighted by Crippen LogP contribution is -2.37. The first-order valence-electron chi connectivity index (χ1n) is 7.61. The zero-order valence-corrected chi connectivity index (χ0v) is 11.9. The van der Waals surface area contributed by atoms with Crippen molar-refractivity contribution in [1.82, 2.24) is 0 Å². The normalized spacial score (nSPS) is 18.7. The van der Waals surface area contributed by atoms with Crippen LogP contribution in [0.25, 0.3) is 6.08 Å². The molecule has 2 aliphatic rings. The van der Waals surface area contributed by atoms with Crippen molar-refractivity contribution in [1.29, 1.82) is 0 Å². The Labute approximate surface area is 126 Å². The smallest absolute Gasteiger partial charge is 0.0908 e. The van der Waals surface area contributed by atoms with Crippen molar-refractivity contribution in [3.63, 3.8) is 0 Å². The summed E-state index contributed by atoms with van der Waals surface area (Å²) < 4.78 is 0. The van der Waals surface area contributed by atoms with Crippen LogP contribution in [0.2, 0.25) is 0 Å². The summed E-state index contributed by atoms with van der Waals surface area (Å²) >= 11 is 0. The van der Waals surface area contributed by atoms with Gasteiger partial charge in [0.25, 0.3) is 0 Å². The summed E-state index contributed by atoms with van der Waals surface area (Å²) in [6.45, 7) is 0.445. The molecule has 0 amide bonds. The van der Waals surface area contributed by atoms with Gasteiger partial charge in [-0.3, -0.25) is 0 Å². The van der Waals surface area contributed by atoms with E-state index >= 15 is 0 Å². The molecule has 1 unspecified atom stereocenters. The van der Waals surface area contributed by atoms with E-state index < -0.39 is 0 Å². The minimum Gasteiger partial charge on any atom is -0.0908 e. The van der Waals surface area contributed by atoms with E-state index in [0.29, 0.717) is 12.5 Å². The lowest BCUT2D eigenvalue weighted by molar-refractivity contribution is 1.19. The number of hydrogen-bond donors (Lipinski definition) is 0. The molecule has 100 valence electrons. The largest absolute Gasteiger partial charge is 0.216 e. The molecule has 0 fully saturated rings. The Morgan fingerprint density at radius 2 is 1.71 bits per heavy atom. The lowest BCUT2D eigenvalue weighted by Gasteiger charge is -2.22. The number of rotatable bonds is 3. The molecule has 21 heavy (non-hydrogen) atoms. The second-order valence-corrected chi connectivity index (χ2v) is 5.78. The van der Waals surface area contributed by atoms with E-state index in [2.05, 4.69) is 85.0 Å². The summed E-state index contributed by atoms with van der Waals surface area (Å²) in [6, 6.07) is 19.7. The molecule has 0 spiro atoms. The van der Waals surface area contributed by atoms with Crippen molar-refractivity contribution in [3.05, 3.63) is 95.5 Å². The van der Waals surface area contributed by atoms with Crippen molar-refractivity contribution in [2.24, 2.45) is 0 Å². The van der Waals surface area contributed by atoms with Gasteiger partial charge >= 0.3 is 0 Å². The van der Waals surface area contributed by atoms with Gasteiger partial charge in [0.05, 0.1) is 0 Å². The van der Waals surface area contributed by atoms with Gasteiger partial charge in [-0.05, 0) is 23.4 Å². The molecule has 0 saturated carbocycles. The van der Waals surface area contributed by atoms with Crippen molar-refractivity contribution in [2.75, 3.05) is 0 Å². The summed E-state index contributed by atoms with van der Waals surface area (Å²) in [7, 11) is 0. The van der Waals surface area contributed by atoms with E-state index in [0.717, 1.165) is 6.42 Å². The fourth-order valence-corrected chi connectivity index (χ4v) is 3.57. The molecule has 2 aliphatic carbocycles. The molecular formula is C20H17B. The van der Waals surface area contributed by atoms with Crippen LogP contribution in [0.5, 0.6) is 0 Å². The quantitative estimate of drug-likeness (QED) is 0.733. The zero-order chi connectivity index (χ0) is 14.1. The van der Waals surface area contributed by atoms with Crippen LogP contribution in [0.1, 0.15) is 23.4 Å². The minimum absolute atomic E-state index is 0.445. The second kappa shape index (κ2) is 5.25. The molecule has 0 heterocycles. The fraction of sp³-hybridized carbons (Fsp3) is 0.100. The third kappa shape index (κ3) is 2.19. The Hall–Kier alpha value is -2.28. The maximum Gasteiger partial charge on any atom is 0.216 e. The Balaban J connectivity index is 1.80. The van der Waals surface area contributed by atoms with Crippen LogP contribution in [0, 0.1) is 0 Å². The van der Waals surface area contributed by atoms with Crippen molar-refractivity contribution in [2.45, 2.75) is 12.2 Å². The van der Waals surface area contributed by atoms with Crippen molar-refractivity contribution >= 4 is 18.3 Å². The molecule has 2 aromatic rings. The van der Waals surface area contributed by atoms with Crippen molar-refractivity contribution < 1.29 is 0 Å². The highest BCUT2D eigenvalue weighted by molar-refractivity contribution is 6.81. The molecule has 0 aliphatic heterocycles. The predicted octanol–water partition coefficient (Wildman–Crippen LogP) is 4.16. The number of hydrogen-bond acceptors (Lipinski definition) is 0. The molecule has 2 aromatic carbocycles. The molecule has 1 atom stereocenters. The van der Waals surface area contributed by atoms with Crippen LogP contribution in [-0.4, -0.2) is 6.71 Å². The fourth-order valence-electron chi connectivity index (χ4n) is 3.57. The van der Waals surface area contributed by atoms with Crippen LogP contribution in [-0.2, 0) is 0 Å². The summed E-state index contributed by atoms with van der Waals surface area (Å²) in [6.07, 6.45) is 12.5. The molecule has 0 radical (unpaired) electrons. The minimum atomic E-state index is 0.445. The van der Waals surface area contributed by atoms with Gasteiger partial charge in [0, 0.05) is 0 Å². The van der Waals surface area contributed by atoms with Gasteiger partial charge in [-0.2, -0.15) is 0 Å². The zero-order valence-electron chi connectivity index (χ0n) is 11.9. The highest BCUT2D eigenvalue weighted by Crippen LogP contribution is 2.35. The van der Waals surface area contributed by atoms with Gasteiger partial charge in [0.1, 0.15) is 0 Å². The average Bonchev–Trinajstić information content (AvgIpc) is 3.20. The van der Waals surface area contributed by atoms with E-state index in [1.54, 1.807) is 0 Å². The SMILES string of the molecule is C1=CCC(B(c2ccccc2)C2C=Cc3ccccc32)=C1. The molecule has 0 bridgehead atoms. The van der Waals surface area contributed by atoms with Crippen LogP contribution in [0.3, 0.4) is 0 Å². The third-order valence-corrected chi connectivity index (χ3v) is 4.56. The summed E-state index contributed by atoms with van der Waals surface area (Å²) in [5.41, 5.74) is 5.76. The second-order valence-electron chi connectivity index (χ2n) is 5.78. The Morgan fingerprint density at radius 1 is 0.905 bits per heavy atom. The molecule has 0 N–H and O–H groups in total. The maximum atomic E-state index is 2.38. The molecule has 0 aromatic heterocycles. The molecule has 0 nitrogen and oxygen atoms in total. The lowest BCUT2D eigenvalue weighted by atomic mass is 9.32. The highest BCUT2D eigenvalue weighted by atomic mass is 14.2. The predicted molar refractivity (Wildman–Crippen MR) is 91.9 cm³/mol. The monoisotopic (exact) mass is 268 g/mol. The average molecular weight is 268 g/mol. The summed E-state index contributed by atoms with van der Waals surface area (Å²) in [5, 5.41) is 0. The highest BCUT2D eigenvalue weighted by Gasteiger charge is 2.33. The Morgan fingerprint density at radius 3 is 2.52 bits per heavy atom. The van der Waals surface area contributed by atoms with Gasteiger partial charge < -0.3 is 0 Å². The van der Waals surface area contributed by atoms with Gasteiger partial charge in [-0.15, -0.1) is 0 Å².